The van der Waals surface area contributed by atoms with Gasteiger partial charge in [-0.25, -0.2) is 0 Å². The predicted molar refractivity (Wildman–Crippen MR) is 72.7 cm³/mol. The fraction of sp³-hybridized carbons (Fsp3) is 0.846. The van der Waals surface area contributed by atoms with Crippen LogP contribution < -0.4 is 5.32 Å². The molecule has 1 atom stereocenters. The zero-order chi connectivity index (χ0) is 15.6. The van der Waals surface area contributed by atoms with E-state index in [0.29, 0.717) is 31.0 Å². The Kier molecular flexibility index (Phi) is 4.88. The minimum atomic E-state index is -4.43. The van der Waals surface area contributed by atoms with E-state index in [1.807, 2.05) is 0 Å². The number of halogens is 3. The molecule has 5 nitrogen and oxygen atoms in total. The molecule has 0 amide bonds. The molecule has 120 valence electrons. The van der Waals surface area contributed by atoms with Gasteiger partial charge < -0.3 is 9.88 Å². The summed E-state index contributed by atoms with van der Waals surface area (Å²) in [5.74, 6) is -0.484. The molecule has 8 heteroatoms. The number of alkyl halides is 3. The van der Waals surface area contributed by atoms with Crippen molar-refractivity contribution in [2.75, 3.05) is 13.1 Å². The van der Waals surface area contributed by atoms with Crippen LogP contribution >= 0.6 is 0 Å². The van der Waals surface area contributed by atoms with E-state index in [9.17, 15) is 13.2 Å². The summed E-state index contributed by atoms with van der Waals surface area (Å²) in [5, 5.41) is 10.4. The van der Waals surface area contributed by atoms with E-state index >= 15 is 0 Å². The van der Waals surface area contributed by atoms with Crippen molar-refractivity contribution in [3.05, 3.63) is 11.6 Å². The first-order chi connectivity index (χ1) is 9.82. The van der Waals surface area contributed by atoms with Crippen LogP contribution in [0.15, 0.2) is 0 Å². The molecule has 2 heterocycles. The van der Waals surface area contributed by atoms with E-state index in [1.54, 1.807) is 0 Å². The average molecular weight is 305 g/mol. The van der Waals surface area contributed by atoms with Gasteiger partial charge in [-0.3, -0.25) is 4.90 Å². The Bertz CT molecular complexity index is 469. The molecule has 1 unspecified atom stereocenters. The van der Waals surface area contributed by atoms with Gasteiger partial charge in [0.15, 0.2) is 0 Å². The van der Waals surface area contributed by atoms with E-state index in [2.05, 4.69) is 41.2 Å². The molecule has 0 fully saturated rings. The van der Waals surface area contributed by atoms with Crippen molar-refractivity contribution in [3.63, 3.8) is 0 Å². The number of rotatable bonds is 5. The minimum Gasteiger partial charge on any atom is -0.313 e. The van der Waals surface area contributed by atoms with Crippen LogP contribution in [-0.2, 0) is 19.3 Å². The van der Waals surface area contributed by atoms with Crippen LogP contribution in [0.1, 0.15) is 38.8 Å². The zero-order valence-electron chi connectivity index (χ0n) is 12.6. The maximum absolute atomic E-state index is 12.8. The summed E-state index contributed by atoms with van der Waals surface area (Å²) in [4.78, 5) is 2.18. The standard InChI is InChI=1S/C13H22F3N5/c1-4-10(7-17-9(2)3)20-5-6-21-11(8-20)18-19-12(21)13(14,15)16/h9-10,17H,4-8H2,1-3H3. The highest BCUT2D eigenvalue weighted by atomic mass is 19.4. The van der Waals surface area contributed by atoms with Gasteiger partial charge in [-0.2, -0.15) is 13.2 Å². The summed E-state index contributed by atoms with van der Waals surface area (Å²) in [6.07, 6.45) is -3.49. The van der Waals surface area contributed by atoms with Crippen LogP contribution in [0.25, 0.3) is 0 Å². The first kappa shape index (κ1) is 16.2. The van der Waals surface area contributed by atoms with Crippen LogP contribution in [0, 0.1) is 0 Å². The summed E-state index contributed by atoms with van der Waals surface area (Å²) in [6, 6.07) is 0.691. The van der Waals surface area contributed by atoms with Gasteiger partial charge in [0.1, 0.15) is 5.82 Å². The van der Waals surface area contributed by atoms with Gasteiger partial charge in [-0.05, 0) is 6.42 Å². The minimum absolute atomic E-state index is 0.287. The highest BCUT2D eigenvalue weighted by Gasteiger charge is 2.39. The first-order valence-corrected chi connectivity index (χ1v) is 7.29. The Morgan fingerprint density at radius 2 is 1.95 bits per heavy atom. The molecule has 0 bridgehead atoms. The summed E-state index contributed by atoms with van der Waals surface area (Å²) >= 11 is 0. The number of hydrogen-bond donors (Lipinski definition) is 1. The van der Waals surface area contributed by atoms with E-state index in [4.69, 9.17) is 0 Å². The molecule has 21 heavy (non-hydrogen) atoms. The van der Waals surface area contributed by atoms with Crippen molar-refractivity contribution in [2.45, 2.75) is 58.5 Å². The van der Waals surface area contributed by atoms with Gasteiger partial charge in [-0.15, -0.1) is 10.2 Å². The highest BCUT2D eigenvalue weighted by molar-refractivity contribution is 5.02. The molecule has 0 radical (unpaired) electrons. The molecule has 1 aliphatic rings. The predicted octanol–water partition coefficient (Wildman–Crippen LogP) is 1.89. The topological polar surface area (TPSA) is 46.0 Å². The molecule has 0 saturated carbocycles. The fourth-order valence-corrected chi connectivity index (χ4v) is 2.60. The quantitative estimate of drug-likeness (QED) is 0.902. The lowest BCUT2D eigenvalue weighted by Gasteiger charge is -2.35. The van der Waals surface area contributed by atoms with E-state index in [-0.39, 0.29) is 6.54 Å². The SMILES string of the molecule is CCC(CNC(C)C)N1CCn2c(nnc2C(F)(F)F)C1. The van der Waals surface area contributed by atoms with Gasteiger partial charge in [-0.1, -0.05) is 20.8 Å². The smallest absolute Gasteiger partial charge is 0.313 e. The molecule has 1 N–H and O–H groups in total. The van der Waals surface area contributed by atoms with Crippen molar-refractivity contribution in [3.8, 4) is 0 Å². The summed E-state index contributed by atoms with van der Waals surface area (Å²) < 4.78 is 39.6. The second-order valence-electron chi connectivity index (χ2n) is 5.68. The lowest BCUT2D eigenvalue weighted by atomic mass is 10.1. The maximum Gasteiger partial charge on any atom is 0.451 e. The summed E-state index contributed by atoms with van der Waals surface area (Å²) in [6.45, 7) is 8.37. The first-order valence-electron chi connectivity index (χ1n) is 7.29. The molecule has 2 rings (SSSR count). The van der Waals surface area contributed by atoms with E-state index in [1.165, 1.54) is 4.57 Å². The zero-order valence-corrected chi connectivity index (χ0v) is 12.6. The van der Waals surface area contributed by atoms with Crippen molar-refractivity contribution in [1.29, 1.82) is 0 Å². The molecule has 1 aromatic heterocycles. The molecular formula is C13H22F3N5. The maximum atomic E-state index is 12.8. The fourth-order valence-electron chi connectivity index (χ4n) is 2.60. The third-order valence-corrected chi connectivity index (χ3v) is 3.79. The second-order valence-corrected chi connectivity index (χ2v) is 5.68. The number of nitrogens with zero attached hydrogens (tertiary/aromatic N) is 4. The van der Waals surface area contributed by atoms with Crippen LogP contribution in [0.5, 0.6) is 0 Å². The van der Waals surface area contributed by atoms with Crippen LogP contribution in [-0.4, -0.2) is 44.8 Å². The molecule has 1 aromatic rings. The second kappa shape index (κ2) is 6.31. The van der Waals surface area contributed by atoms with E-state index < -0.39 is 12.0 Å². The Morgan fingerprint density at radius 3 is 2.52 bits per heavy atom. The molecule has 0 aromatic carbocycles. The lowest BCUT2D eigenvalue weighted by Crippen LogP contribution is -2.47. The molecule has 0 spiro atoms. The van der Waals surface area contributed by atoms with Crippen LogP contribution in [0.3, 0.4) is 0 Å². The van der Waals surface area contributed by atoms with Crippen molar-refractivity contribution in [2.24, 2.45) is 0 Å². The number of aromatic nitrogens is 3. The monoisotopic (exact) mass is 305 g/mol. The molecular weight excluding hydrogens is 283 g/mol. The van der Waals surface area contributed by atoms with Gasteiger partial charge in [0.2, 0.25) is 5.82 Å². The molecule has 0 aliphatic carbocycles. The lowest BCUT2D eigenvalue weighted by molar-refractivity contribution is -0.148. The number of hydrogen-bond acceptors (Lipinski definition) is 4. The van der Waals surface area contributed by atoms with Gasteiger partial charge in [0.05, 0.1) is 6.54 Å². The highest BCUT2D eigenvalue weighted by Crippen LogP contribution is 2.29. The van der Waals surface area contributed by atoms with Crippen LogP contribution in [0.2, 0.25) is 0 Å². The summed E-state index contributed by atoms with van der Waals surface area (Å²) in [7, 11) is 0. The van der Waals surface area contributed by atoms with Crippen LogP contribution in [0.4, 0.5) is 13.2 Å². The third kappa shape index (κ3) is 3.74. The molecule has 1 aliphatic heterocycles. The Balaban J connectivity index is 2.07. The van der Waals surface area contributed by atoms with E-state index in [0.717, 1.165) is 13.0 Å². The number of fused-ring (bicyclic) bond motifs is 1. The van der Waals surface area contributed by atoms with Gasteiger partial charge in [0.25, 0.3) is 0 Å². The van der Waals surface area contributed by atoms with Crippen molar-refractivity contribution >= 4 is 0 Å². The van der Waals surface area contributed by atoms with Crippen molar-refractivity contribution in [1.82, 2.24) is 25.0 Å². The summed E-state index contributed by atoms with van der Waals surface area (Å²) in [5.41, 5.74) is 0. The van der Waals surface area contributed by atoms with Gasteiger partial charge in [0, 0.05) is 31.7 Å². The van der Waals surface area contributed by atoms with Gasteiger partial charge >= 0.3 is 6.18 Å². The average Bonchev–Trinajstić information content (AvgIpc) is 2.82. The third-order valence-electron chi connectivity index (χ3n) is 3.79. The molecule has 0 saturated heterocycles. The Labute approximate surface area is 122 Å². The van der Waals surface area contributed by atoms with Crippen molar-refractivity contribution < 1.29 is 13.2 Å². The Morgan fingerprint density at radius 1 is 1.24 bits per heavy atom. The number of nitrogens with one attached hydrogen (secondary N) is 1. The normalized spacial score (nSPS) is 18.0. The largest absolute Gasteiger partial charge is 0.451 e. The Hall–Kier alpha value is -1.15.